The zero-order valence-electron chi connectivity index (χ0n) is 16.1. The fourth-order valence-electron chi connectivity index (χ4n) is 3.58. The largest absolute Gasteiger partial charge is 0.465 e. The van der Waals surface area contributed by atoms with E-state index in [0.717, 1.165) is 28.9 Å². The summed E-state index contributed by atoms with van der Waals surface area (Å²) in [6, 6.07) is 13.5. The summed E-state index contributed by atoms with van der Waals surface area (Å²) in [6.07, 6.45) is 6.24. The van der Waals surface area contributed by atoms with Crippen molar-refractivity contribution >= 4 is 11.6 Å². The minimum Gasteiger partial charge on any atom is -0.465 e. The van der Waals surface area contributed by atoms with Crippen LogP contribution < -0.4 is 5.32 Å². The summed E-state index contributed by atoms with van der Waals surface area (Å²) in [6.45, 7) is 3.34. The number of hydrogen-bond donors (Lipinski definition) is 1. The topological polar surface area (TPSA) is 63.3 Å². The molecule has 0 spiro atoms. The number of urea groups is 1. The van der Waals surface area contributed by atoms with Gasteiger partial charge in [-0.05, 0) is 31.0 Å². The summed E-state index contributed by atoms with van der Waals surface area (Å²) in [5.41, 5.74) is 4.34. The summed E-state index contributed by atoms with van der Waals surface area (Å²) in [5.74, 6) is 0.835. The third-order valence-corrected chi connectivity index (χ3v) is 5.19. The van der Waals surface area contributed by atoms with Gasteiger partial charge in [-0.25, -0.2) is 4.79 Å². The van der Waals surface area contributed by atoms with Gasteiger partial charge in [0.1, 0.15) is 5.76 Å². The average Bonchev–Trinajstić information content (AvgIpc) is 3.39. The molecule has 0 saturated carbocycles. The Bertz CT molecular complexity index is 973. The van der Waals surface area contributed by atoms with Crippen LogP contribution in [0.5, 0.6) is 0 Å². The molecule has 0 radical (unpaired) electrons. The van der Waals surface area contributed by atoms with Crippen molar-refractivity contribution in [3.63, 3.8) is 0 Å². The van der Waals surface area contributed by atoms with Gasteiger partial charge in [0.15, 0.2) is 0 Å². The molecular formula is C22H24N4O2. The number of benzene rings is 1. The number of furan rings is 1. The second-order valence-electron chi connectivity index (χ2n) is 7.15. The Morgan fingerprint density at radius 1 is 1.18 bits per heavy atom. The van der Waals surface area contributed by atoms with Gasteiger partial charge in [-0.15, -0.1) is 0 Å². The maximum Gasteiger partial charge on any atom is 0.318 e. The van der Waals surface area contributed by atoms with Crippen LogP contribution in [-0.4, -0.2) is 33.8 Å². The Kier molecular flexibility index (Phi) is 5.02. The predicted molar refractivity (Wildman–Crippen MR) is 108 cm³/mol. The van der Waals surface area contributed by atoms with Gasteiger partial charge in [-0.1, -0.05) is 35.9 Å². The molecule has 6 nitrogen and oxygen atoms in total. The lowest BCUT2D eigenvalue weighted by Gasteiger charge is -2.31. The Labute approximate surface area is 164 Å². The van der Waals surface area contributed by atoms with E-state index in [1.54, 1.807) is 17.1 Å². The van der Waals surface area contributed by atoms with E-state index in [-0.39, 0.29) is 12.1 Å². The van der Waals surface area contributed by atoms with Crippen LogP contribution in [0.3, 0.4) is 0 Å². The van der Waals surface area contributed by atoms with Crippen molar-refractivity contribution in [2.45, 2.75) is 19.4 Å². The van der Waals surface area contributed by atoms with Gasteiger partial charge < -0.3 is 14.6 Å². The minimum atomic E-state index is -0.249. The van der Waals surface area contributed by atoms with Crippen LogP contribution in [0.2, 0.25) is 0 Å². The molecule has 2 aromatic heterocycles. The van der Waals surface area contributed by atoms with E-state index >= 15 is 0 Å². The zero-order chi connectivity index (χ0) is 19.5. The van der Waals surface area contributed by atoms with Gasteiger partial charge in [-0.3, -0.25) is 4.68 Å². The molecule has 1 N–H and O–H groups in total. The molecule has 28 heavy (non-hydrogen) atoms. The van der Waals surface area contributed by atoms with Gasteiger partial charge in [-0.2, -0.15) is 5.10 Å². The summed E-state index contributed by atoms with van der Waals surface area (Å²) in [4.78, 5) is 15.0. The SMILES string of the molecule is CC1=C(c2ccco2)CN(C(=O)NC(c2ccccc2)c2cnn(C)c2)CC1. The van der Waals surface area contributed by atoms with E-state index < -0.39 is 0 Å². The smallest absolute Gasteiger partial charge is 0.318 e. The first-order valence-electron chi connectivity index (χ1n) is 9.43. The number of rotatable bonds is 4. The molecule has 6 heteroatoms. The van der Waals surface area contributed by atoms with Crippen LogP contribution in [0, 0.1) is 0 Å². The number of hydrogen-bond acceptors (Lipinski definition) is 3. The number of amides is 2. The quantitative estimate of drug-likeness (QED) is 0.749. The van der Waals surface area contributed by atoms with Crippen LogP contribution in [0.15, 0.2) is 71.1 Å². The van der Waals surface area contributed by atoms with Gasteiger partial charge in [0.25, 0.3) is 0 Å². The van der Waals surface area contributed by atoms with Crippen molar-refractivity contribution in [1.82, 2.24) is 20.0 Å². The third-order valence-electron chi connectivity index (χ3n) is 5.19. The van der Waals surface area contributed by atoms with E-state index in [4.69, 9.17) is 4.42 Å². The monoisotopic (exact) mass is 376 g/mol. The standard InChI is InChI=1S/C22H24N4O2/c1-16-10-11-26(15-19(16)20-9-6-12-28-20)22(27)24-21(17-7-4-3-5-8-17)18-13-23-25(2)14-18/h3-9,12-14,21H,10-11,15H2,1-2H3,(H,24,27). The highest BCUT2D eigenvalue weighted by molar-refractivity contribution is 5.79. The molecule has 144 valence electrons. The van der Waals surface area contributed by atoms with Gasteiger partial charge in [0.2, 0.25) is 0 Å². The lowest BCUT2D eigenvalue weighted by atomic mass is 9.99. The lowest BCUT2D eigenvalue weighted by Crippen LogP contribution is -2.44. The maximum atomic E-state index is 13.1. The first kappa shape index (κ1) is 18.1. The Hall–Kier alpha value is -3.28. The molecule has 1 aromatic carbocycles. The van der Waals surface area contributed by atoms with Crippen LogP contribution in [0.25, 0.3) is 5.57 Å². The molecule has 0 aliphatic carbocycles. The molecule has 2 amide bonds. The fourth-order valence-corrected chi connectivity index (χ4v) is 3.58. The number of carbonyl (C=O) groups is 1. The summed E-state index contributed by atoms with van der Waals surface area (Å²) >= 11 is 0. The second-order valence-corrected chi connectivity index (χ2v) is 7.15. The van der Waals surface area contributed by atoms with Crippen molar-refractivity contribution in [3.8, 4) is 0 Å². The normalized spacial score (nSPS) is 15.6. The van der Waals surface area contributed by atoms with E-state index in [2.05, 4.69) is 17.3 Å². The highest BCUT2D eigenvalue weighted by Crippen LogP contribution is 2.28. The minimum absolute atomic E-state index is 0.0886. The molecule has 3 aromatic rings. The van der Waals surface area contributed by atoms with Crippen LogP contribution in [-0.2, 0) is 7.05 Å². The molecular weight excluding hydrogens is 352 g/mol. The average molecular weight is 376 g/mol. The zero-order valence-corrected chi connectivity index (χ0v) is 16.1. The van der Waals surface area contributed by atoms with Gasteiger partial charge >= 0.3 is 6.03 Å². The van der Waals surface area contributed by atoms with Crippen LogP contribution >= 0.6 is 0 Å². The highest BCUT2D eigenvalue weighted by Gasteiger charge is 2.26. The molecule has 1 unspecified atom stereocenters. The molecule has 4 rings (SSSR count). The lowest BCUT2D eigenvalue weighted by molar-refractivity contribution is 0.200. The molecule has 1 aliphatic heterocycles. The van der Waals surface area contributed by atoms with Crippen molar-refractivity contribution in [2.24, 2.45) is 7.05 Å². The van der Waals surface area contributed by atoms with Crippen molar-refractivity contribution in [2.75, 3.05) is 13.1 Å². The predicted octanol–water partition coefficient (Wildman–Crippen LogP) is 3.99. The summed E-state index contributed by atoms with van der Waals surface area (Å²) in [7, 11) is 1.88. The molecule has 1 atom stereocenters. The van der Waals surface area contributed by atoms with E-state index in [9.17, 15) is 4.79 Å². The maximum absolute atomic E-state index is 13.1. The first-order valence-corrected chi connectivity index (χ1v) is 9.43. The van der Waals surface area contributed by atoms with Crippen LogP contribution in [0.4, 0.5) is 4.79 Å². The summed E-state index contributed by atoms with van der Waals surface area (Å²) < 4.78 is 7.32. The van der Waals surface area contributed by atoms with E-state index in [1.165, 1.54) is 5.57 Å². The summed E-state index contributed by atoms with van der Waals surface area (Å²) in [5, 5.41) is 7.46. The molecule has 0 bridgehead atoms. The highest BCUT2D eigenvalue weighted by atomic mass is 16.3. The molecule has 0 fully saturated rings. The number of aryl methyl sites for hydroxylation is 1. The Balaban J connectivity index is 1.55. The second kappa shape index (κ2) is 7.76. The number of carbonyl (C=O) groups excluding carboxylic acids is 1. The van der Waals surface area contributed by atoms with Gasteiger partial charge in [0.05, 0.1) is 25.0 Å². The van der Waals surface area contributed by atoms with Gasteiger partial charge in [0, 0.05) is 30.9 Å². The number of nitrogens with zero attached hydrogens (tertiary/aromatic N) is 3. The first-order chi connectivity index (χ1) is 13.6. The number of nitrogens with one attached hydrogen (secondary N) is 1. The van der Waals surface area contributed by atoms with Crippen molar-refractivity contribution < 1.29 is 9.21 Å². The van der Waals surface area contributed by atoms with Crippen LogP contribution in [0.1, 0.15) is 36.3 Å². The Morgan fingerprint density at radius 3 is 2.68 bits per heavy atom. The number of aromatic nitrogens is 2. The molecule has 0 saturated heterocycles. The third kappa shape index (κ3) is 3.71. The fraction of sp³-hybridized carbons (Fsp3) is 0.273. The Morgan fingerprint density at radius 2 is 2.00 bits per heavy atom. The molecule has 1 aliphatic rings. The van der Waals surface area contributed by atoms with E-state index in [1.807, 2.05) is 60.6 Å². The van der Waals surface area contributed by atoms with E-state index in [0.29, 0.717) is 13.1 Å². The van der Waals surface area contributed by atoms with Crippen molar-refractivity contribution in [1.29, 1.82) is 0 Å². The molecule has 3 heterocycles. The van der Waals surface area contributed by atoms with Crippen molar-refractivity contribution in [3.05, 3.63) is 83.6 Å².